The van der Waals surface area contributed by atoms with Crippen molar-refractivity contribution < 1.29 is 5.11 Å². The summed E-state index contributed by atoms with van der Waals surface area (Å²) in [6.45, 7) is 0.521. The SMILES string of the molecule is CN(Cc1cnccn1)c1nc2ccccc2c(=O)n1CCO. The summed E-state index contributed by atoms with van der Waals surface area (Å²) < 4.78 is 1.48. The summed E-state index contributed by atoms with van der Waals surface area (Å²) in [5.74, 6) is 0.494. The third-order valence-electron chi connectivity index (χ3n) is 3.52. The zero-order chi connectivity index (χ0) is 16.2. The van der Waals surface area contributed by atoms with Gasteiger partial charge in [-0.25, -0.2) is 4.98 Å². The van der Waals surface area contributed by atoms with Crippen LogP contribution >= 0.6 is 0 Å². The second-order valence-corrected chi connectivity index (χ2v) is 5.16. The number of hydrogen-bond donors (Lipinski definition) is 1. The van der Waals surface area contributed by atoms with Crippen LogP contribution in [0.5, 0.6) is 0 Å². The first-order valence-electron chi connectivity index (χ1n) is 7.27. The molecule has 7 heteroatoms. The van der Waals surface area contributed by atoms with E-state index in [1.54, 1.807) is 36.8 Å². The number of anilines is 1. The summed E-state index contributed by atoms with van der Waals surface area (Å²) in [6, 6.07) is 7.19. The van der Waals surface area contributed by atoms with Crippen LogP contribution in [-0.4, -0.2) is 38.3 Å². The molecule has 118 valence electrons. The lowest BCUT2D eigenvalue weighted by Crippen LogP contribution is -2.31. The van der Waals surface area contributed by atoms with E-state index in [0.717, 1.165) is 5.69 Å². The lowest BCUT2D eigenvalue weighted by molar-refractivity contribution is 0.274. The van der Waals surface area contributed by atoms with Gasteiger partial charge in [-0.05, 0) is 12.1 Å². The van der Waals surface area contributed by atoms with Crippen molar-refractivity contribution in [3.05, 3.63) is 58.9 Å². The molecule has 0 aliphatic carbocycles. The Hall–Kier alpha value is -2.80. The molecule has 3 aromatic rings. The Kier molecular flexibility index (Phi) is 4.29. The number of para-hydroxylation sites is 1. The van der Waals surface area contributed by atoms with E-state index in [0.29, 0.717) is 23.4 Å². The molecule has 0 spiro atoms. The van der Waals surface area contributed by atoms with Gasteiger partial charge in [0.2, 0.25) is 5.95 Å². The lowest BCUT2D eigenvalue weighted by Gasteiger charge is -2.22. The molecule has 2 aromatic heterocycles. The van der Waals surface area contributed by atoms with Crippen LogP contribution in [0, 0.1) is 0 Å². The Bertz CT molecular complexity index is 863. The van der Waals surface area contributed by atoms with Crippen LogP contribution in [0.1, 0.15) is 5.69 Å². The molecular weight excluding hydrogens is 294 g/mol. The van der Waals surface area contributed by atoms with Crippen LogP contribution < -0.4 is 10.5 Å². The van der Waals surface area contributed by atoms with Crippen LogP contribution in [-0.2, 0) is 13.1 Å². The Balaban J connectivity index is 2.07. The van der Waals surface area contributed by atoms with Gasteiger partial charge in [-0.3, -0.25) is 19.3 Å². The topological polar surface area (TPSA) is 84.1 Å². The van der Waals surface area contributed by atoms with E-state index in [4.69, 9.17) is 0 Å². The summed E-state index contributed by atoms with van der Waals surface area (Å²) in [5.41, 5.74) is 1.24. The van der Waals surface area contributed by atoms with Crippen LogP contribution in [0.25, 0.3) is 10.9 Å². The van der Waals surface area contributed by atoms with Crippen LogP contribution in [0.2, 0.25) is 0 Å². The second kappa shape index (κ2) is 6.53. The average Bonchev–Trinajstić information content (AvgIpc) is 2.58. The normalized spacial score (nSPS) is 10.9. The van der Waals surface area contributed by atoms with Crippen LogP contribution in [0.3, 0.4) is 0 Å². The molecule has 0 fully saturated rings. The van der Waals surface area contributed by atoms with Gasteiger partial charge >= 0.3 is 0 Å². The van der Waals surface area contributed by atoms with Crippen molar-refractivity contribution in [2.45, 2.75) is 13.1 Å². The highest BCUT2D eigenvalue weighted by Gasteiger charge is 2.14. The average molecular weight is 311 g/mol. The number of aromatic nitrogens is 4. The Morgan fingerprint density at radius 3 is 2.83 bits per heavy atom. The third-order valence-corrected chi connectivity index (χ3v) is 3.52. The monoisotopic (exact) mass is 311 g/mol. The van der Waals surface area contributed by atoms with Crippen molar-refractivity contribution in [1.82, 2.24) is 19.5 Å². The van der Waals surface area contributed by atoms with Crippen molar-refractivity contribution in [2.75, 3.05) is 18.6 Å². The van der Waals surface area contributed by atoms with Crippen molar-refractivity contribution in [3.63, 3.8) is 0 Å². The standard InChI is InChI=1S/C16H17N5O2/c1-20(11-12-10-17-6-7-18-12)16-19-14-5-3-2-4-13(14)15(23)21(16)8-9-22/h2-7,10,22H,8-9,11H2,1H3. The van der Waals surface area contributed by atoms with Gasteiger partial charge in [-0.2, -0.15) is 0 Å². The molecule has 1 N–H and O–H groups in total. The number of aliphatic hydroxyl groups is 1. The molecule has 2 heterocycles. The third kappa shape index (κ3) is 3.04. The van der Waals surface area contributed by atoms with E-state index in [9.17, 15) is 9.90 Å². The molecule has 0 aliphatic rings. The fourth-order valence-corrected chi connectivity index (χ4v) is 2.47. The molecule has 0 aliphatic heterocycles. The molecule has 7 nitrogen and oxygen atoms in total. The predicted octanol–water partition coefficient (Wildman–Crippen LogP) is 0.815. The zero-order valence-corrected chi connectivity index (χ0v) is 12.8. The number of nitrogens with zero attached hydrogens (tertiary/aromatic N) is 5. The molecule has 1 aromatic carbocycles. The number of fused-ring (bicyclic) bond motifs is 1. The van der Waals surface area contributed by atoms with Gasteiger partial charge < -0.3 is 10.0 Å². The van der Waals surface area contributed by atoms with E-state index in [1.165, 1.54) is 4.57 Å². The number of aliphatic hydroxyl groups excluding tert-OH is 1. The molecule has 0 bridgehead atoms. The Morgan fingerprint density at radius 2 is 2.09 bits per heavy atom. The summed E-state index contributed by atoms with van der Waals surface area (Å²) in [5, 5.41) is 9.82. The quantitative estimate of drug-likeness (QED) is 0.751. The first-order chi connectivity index (χ1) is 11.2. The van der Waals surface area contributed by atoms with Crippen molar-refractivity contribution in [2.24, 2.45) is 0 Å². The van der Waals surface area contributed by atoms with E-state index >= 15 is 0 Å². The van der Waals surface area contributed by atoms with Gasteiger partial charge in [0, 0.05) is 19.4 Å². The maximum Gasteiger partial charge on any atom is 0.262 e. The minimum atomic E-state index is -0.161. The van der Waals surface area contributed by atoms with Crippen molar-refractivity contribution in [3.8, 4) is 0 Å². The van der Waals surface area contributed by atoms with Crippen LogP contribution in [0.4, 0.5) is 5.95 Å². The van der Waals surface area contributed by atoms with Crippen molar-refractivity contribution in [1.29, 1.82) is 0 Å². The van der Waals surface area contributed by atoms with E-state index in [-0.39, 0.29) is 18.7 Å². The molecule has 0 unspecified atom stereocenters. The molecule has 0 radical (unpaired) electrons. The first-order valence-corrected chi connectivity index (χ1v) is 7.27. The van der Waals surface area contributed by atoms with Gasteiger partial charge in [-0.15, -0.1) is 0 Å². The van der Waals surface area contributed by atoms with Crippen molar-refractivity contribution >= 4 is 16.9 Å². The smallest absolute Gasteiger partial charge is 0.262 e. The Morgan fingerprint density at radius 1 is 1.26 bits per heavy atom. The maximum absolute atomic E-state index is 12.7. The minimum Gasteiger partial charge on any atom is -0.395 e. The lowest BCUT2D eigenvalue weighted by atomic mass is 10.2. The first kappa shape index (κ1) is 15.1. The fourth-order valence-electron chi connectivity index (χ4n) is 2.47. The second-order valence-electron chi connectivity index (χ2n) is 5.16. The molecule has 0 atom stereocenters. The maximum atomic E-state index is 12.7. The van der Waals surface area contributed by atoms with Gasteiger partial charge in [0.15, 0.2) is 0 Å². The number of benzene rings is 1. The fraction of sp³-hybridized carbons (Fsp3) is 0.250. The number of hydrogen-bond acceptors (Lipinski definition) is 6. The molecular formula is C16H17N5O2. The number of rotatable bonds is 5. The molecule has 0 saturated heterocycles. The van der Waals surface area contributed by atoms with Gasteiger partial charge in [0.1, 0.15) is 0 Å². The molecule has 3 rings (SSSR count). The summed E-state index contributed by atoms with van der Waals surface area (Å²) in [7, 11) is 1.83. The van der Waals surface area contributed by atoms with Gasteiger partial charge in [0.05, 0.1) is 42.5 Å². The van der Waals surface area contributed by atoms with E-state index < -0.39 is 0 Å². The highest BCUT2D eigenvalue weighted by Crippen LogP contribution is 2.15. The van der Waals surface area contributed by atoms with Crippen LogP contribution in [0.15, 0.2) is 47.7 Å². The molecule has 0 amide bonds. The Labute approximate surface area is 132 Å². The van der Waals surface area contributed by atoms with E-state index in [1.807, 2.05) is 18.0 Å². The van der Waals surface area contributed by atoms with Gasteiger partial charge in [0.25, 0.3) is 5.56 Å². The largest absolute Gasteiger partial charge is 0.395 e. The highest BCUT2D eigenvalue weighted by molar-refractivity contribution is 5.78. The highest BCUT2D eigenvalue weighted by atomic mass is 16.3. The van der Waals surface area contributed by atoms with Gasteiger partial charge in [-0.1, -0.05) is 12.1 Å². The summed E-state index contributed by atoms with van der Waals surface area (Å²) >= 11 is 0. The van der Waals surface area contributed by atoms with E-state index in [2.05, 4.69) is 15.0 Å². The predicted molar refractivity (Wildman–Crippen MR) is 87.2 cm³/mol. The minimum absolute atomic E-state index is 0.133. The zero-order valence-electron chi connectivity index (χ0n) is 12.8. The summed E-state index contributed by atoms with van der Waals surface area (Å²) in [6.07, 6.45) is 4.91. The molecule has 0 saturated carbocycles. The summed E-state index contributed by atoms with van der Waals surface area (Å²) in [4.78, 5) is 27.3. The molecule has 23 heavy (non-hydrogen) atoms.